The molecule has 7 nitrogen and oxygen atoms in total. The molecule has 0 fully saturated rings. The van der Waals surface area contributed by atoms with Crippen molar-refractivity contribution in [3.05, 3.63) is 41.6 Å². The van der Waals surface area contributed by atoms with Gasteiger partial charge in [0.25, 0.3) is 5.91 Å². The van der Waals surface area contributed by atoms with E-state index in [0.29, 0.717) is 11.3 Å². The Kier molecular flexibility index (Phi) is 4.29. The molecule has 0 aliphatic carbocycles. The smallest absolute Gasteiger partial charge is 0.410 e. The monoisotopic (exact) mass is 355 g/mol. The number of alkyl halides is 3. The number of carbonyl (C=O) groups is 1. The van der Waals surface area contributed by atoms with E-state index in [4.69, 9.17) is 10.6 Å². The molecular weight excluding hydrogens is 339 g/mol. The van der Waals surface area contributed by atoms with E-state index in [9.17, 15) is 18.0 Å². The average molecular weight is 355 g/mol. The number of halogens is 3. The summed E-state index contributed by atoms with van der Waals surface area (Å²) in [4.78, 5) is 11.8. The number of nitrogens with zero attached hydrogens (tertiary/aromatic N) is 2. The van der Waals surface area contributed by atoms with Crippen molar-refractivity contribution in [2.75, 3.05) is 12.4 Å². The highest BCUT2D eigenvalue weighted by Gasteiger charge is 2.47. The molecule has 2 aromatic rings. The maximum atomic E-state index is 13.5. The number of anilines is 1. The highest BCUT2D eigenvalue weighted by atomic mass is 19.4. The number of ether oxygens (including phenoxy) is 1. The molecule has 2 heterocycles. The van der Waals surface area contributed by atoms with E-state index < -0.39 is 24.2 Å². The quantitative estimate of drug-likeness (QED) is 0.446. The van der Waals surface area contributed by atoms with E-state index in [1.807, 2.05) is 5.43 Å². The van der Waals surface area contributed by atoms with Crippen molar-refractivity contribution in [1.29, 1.82) is 0 Å². The van der Waals surface area contributed by atoms with Gasteiger partial charge in [0, 0.05) is 6.42 Å². The van der Waals surface area contributed by atoms with Crippen molar-refractivity contribution >= 4 is 11.7 Å². The first-order chi connectivity index (χ1) is 11.8. The van der Waals surface area contributed by atoms with Gasteiger partial charge in [0.1, 0.15) is 17.1 Å². The minimum absolute atomic E-state index is 0.0163. The van der Waals surface area contributed by atoms with Crippen LogP contribution in [-0.2, 0) is 0 Å². The molecule has 1 amide bonds. The fourth-order valence-electron chi connectivity index (χ4n) is 2.86. The summed E-state index contributed by atoms with van der Waals surface area (Å²) in [7, 11) is 1.50. The Labute approximate surface area is 140 Å². The summed E-state index contributed by atoms with van der Waals surface area (Å²) in [5.74, 6) is 4.96. The van der Waals surface area contributed by atoms with Crippen LogP contribution in [0.1, 0.15) is 34.4 Å². The molecule has 1 aliphatic rings. The van der Waals surface area contributed by atoms with Crippen LogP contribution in [-0.4, -0.2) is 29.0 Å². The van der Waals surface area contributed by atoms with Gasteiger partial charge in [-0.05, 0) is 17.7 Å². The van der Waals surface area contributed by atoms with Crippen LogP contribution in [0.4, 0.5) is 19.0 Å². The summed E-state index contributed by atoms with van der Waals surface area (Å²) >= 11 is 0. The summed E-state index contributed by atoms with van der Waals surface area (Å²) in [6.45, 7) is 0. The molecule has 0 spiro atoms. The molecule has 1 aromatic heterocycles. The SMILES string of the molecule is COc1ccc([C@H]2C[C@@H](C(F)(F)F)n3ncc(C(=O)NN)c3N2)cc1. The number of nitrogen functional groups attached to an aromatic ring is 1. The number of nitrogens with one attached hydrogen (secondary N) is 2. The van der Waals surface area contributed by atoms with Crippen LogP contribution in [0, 0.1) is 0 Å². The van der Waals surface area contributed by atoms with E-state index in [-0.39, 0.29) is 17.8 Å². The Hall–Kier alpha value is -2.75. The molecule has 0 saturated carbocycles. The van der Waals surface area contributed by atoms with Gasteiger partial charge in [-0.2, -0.15) is 18.3 Å². The number of fused-ring (bicyclic) bond motifs is 1. The Morgan fingerprint density at radius 1 is 1.40 bits per heavy atom. The molecule has 4 N–H and O–H groups in total. The van der Waals surface area contributed by atoms with Gasteiger partial charge in [-0.15, -0.1) is 0 Å². The van der Waals surface area contributed by atoms with E-state index in [0.717, 1.165) is 10.9 Å². The van der Waals surface area contributed by atoms with E-state index in [1.165, 1.54) is 7.11 Å². The van der Waals surface area contributed by atoms with Crippen molar-refractivity contribution in [2.24, 2.45) is 5.84 Å². The first kappa shape index (κ1) is 17.1. The number of hydrazine groups is 1. The highest BCUT2D eigenvalue weighted by molar-refractivity contribution is 5.98. The third-order valence-electron chi connectivity index (χ3n) is 4.13. The maximum Gasteiger partial charge on any atom is 0.410 e. The van der Waals surface area contributed by atoms with Crippen molar-refractivity contribution in [3.8, 4) is 5.75 Å². The van der Waals surface area contributed by atoms with Gasteiger partial charge in [0.15, 0.2) is 6.04 Å². The second kappa shape index (κ2) is 6.28. The minimum atomic E-state index is -4.51. The summed E-state index contributed by atoms with van der Waals surface area (Å²) in [6.07, 6.45) is -3.70. The largest absolute Gasteiger partial charge is 0.497 e. The fourth-order valence-corrected chi connectivity index (χ4v) is 2.86. The van der Waals surface area contributed by atoms with Crippen LogP contribution in [0.3, 0.4) is 0 Å². The third-order valence-corrected chi connectivity index (χ3v) is 4.13. The Morgan fingerprint density at radius 3 is 2.64 bits per heavy atom. The lowest BCUT2D eigenvalue weighted by molar-refractivity contribution is -0.173. The van der Waals surface area contributed by atoms with Gasteiger partial charge < -0.3 is 10.1 Å². The van der Waals surface area contributed by atoms with Gasteiger partial charge in [-0.25, -0.2) is 10.5 Å². The van der Waals surface area contributed by atoms with Crippen LogP contribution in [0.5, 0.6) is 5.75 Å². The van der Waals surface area contributed by atoms with Crippen LogP contribution < -0.4 is 21.3 Å². The number of carbonyl (C=O) groups excluding carboxylic acids is 1. The third kappa shape index (κ3) is 3.12. The molecular formula is C15H16F3N5O2. The van der Waals surface area contributed by atoms with Crippen LogP contribution in [0.25, 0.3) is 0 Å². The van der Waals surface area contributed by atoms with E-state index in [1.54, 1.807) is 24.3 Å². The molecule has 0 bridgehead atoms. The molecule has 1 aliphatic heterocycles. The van der Waals surface area contributed by atoms with Crippen molar-refractivity contribution < 1.29 is 22.7 Å². The average Bonchev–Trinajstić information content (AvgIpc) is 3.03. The number of amides is 1. The zero-order valence-electron chi connectivity index (χ0n) is 13.2. The number of hydrogen-bond acceptors (Lipinski definition) is 5. The standard InChI is InChI=1S/C15H16F3N5O2/c1-25-9-4-2-8(3-5-9)11-6-12(15(16,17)18)23-13(21-11)10(7-20-23)14(24)22-19/h2-5,7,11-12,21H,6,19H2,1H3,(H,22,24)/t11-,12+/m1/s1. The molecule has 134 valence electrons. The van der Waals surface area contributed by atoms with Gasteiger partial charge in [0.2, 0.25) is 0 Å². The molecule has 10 heteroatoms. The fraction of sp³-hybridized carbons (Fsp3) is 0.333. The van der Waals surface area contributed by atoms with Crippen molar-refractivity contribution in [1.82, 2.24) is 15.2 Å². The lowest BCUT2D eigenvalue weighted by Crippen LogP contribution is -2.37. The maximum absolute atomic E-state index is 13.5. The number of aromatic nitrogens is 2. The molecule has 0 radical (unpaired) electrons. The highest BCUT2D eigenvalue weighted by Crippen LogP contribution is 2.44. The number of benzene rings is 1. The Morgan fingerprint density at radius 2 is 2.08 bits per heavy atom. The van der Waals surface area contributed by atoms with Gasteiger partial charge in [-0.3, -0.25) is 10.2 Å². The number of hydrogen-bond donors (Lipinski definition) is 3. The molecule has 1 aromatic carbocycles. The topological polar surface area (TPSA) is 94.2 Å². The number of nitrogens with two attached hydrogens (primary N) is 1. The molecule has 0 unspecified atom stereocenters. The predicted molar refractivity (Wildman–Crippen MR) is 82.9 cm³/mol. The lowest BCUT2D eigenvalue weighted by Gasteiger charge is -2.34. The van der Waals surface area contributed by atoms with E-state index in [2.05, 4.69) is 10.4 Å². The number of rotatable bonds is 3. The Bertz CT molecular complexity index is 772. The summed E-state index contributed by atoms with van der Waals surface area (Å²) < 4.78 is 46.3. The molecule has 2 atom stereocenters. The number of methoxy groups -OCH3 is 1. The van der Waals surface area contributed by atoms with Gasteiger partial charge in [-0.1, -0.05) is 12.1 Å². The predicted octanol–water partition coefficient (Wildman–Crippen LogP) is 2.16. The Balaban J connectivity index is 2.01. The van der Waals surface area contributed by atoms with Crippen molar-refractivity contribution in [3.63, 3.8) is 0 Å². The molecule has 25 heavy (non-hydrogen) atoms. The normalized spacial score (nSPS) is 19.7. The molecule has 3 rings (SSSR count). The zero-order valence-corrected chi connectivity index (χ0v) is 13.2. The minimum Gasteiger partial charge on any atom is -0.497 e. The van der Waals surface area contributed by atoms with E-state index >= 15 is 0 Å². The van der Waals surface area contributed by atoms with Crippen LogP contribution in [0.15, 0.2) is 30.5 Å². The lowest BCUT2D eigenvalue weighted by atomic mass is 9.96. The van der Waals surface area contributed by atoms with Crippen LogP contribution >= 0.6 is 0 Å². The first-order valence-corrected chi connectivity index (χ1v) is 7.40. The van der Waals surface area contributed by atoms with Crippen molar-refractivity contribution in [2.45, 2.75) is 24.7 Å². The summed E-state index contributed by atoms with van der Waals surface area (Å²) in [6, 6.07) is 4.19. The van der Waals surface area contributed by atoms with Crippen LogP contribution in [0.2, 0.25) is 0 Å². The van der Waals surface area contributed by atoms with Gasteiger partial charge >= 0.3 is 6.18 Å². The summed E-state index contributed by atoms with van der Waals surface area (Å²) in [5, 5.41) is 6.69. The summed E-state index contributed by atoms with van der Waals surface area (Å²) in [5.41, 5.74) is 2.50. The zero-order chi connectivity index (χ0) is 18.2. The van der Waals surface area contributed by atoms with Gasteiger partial charge in [0.05, 0.1) is 19.3 Å². The molecule has 0 saturated heterocycles. The second-order valence-electron chi connectivity index (χ2n) is 5.59. The second-order valence-corrected chi connectivity index (χ2v) is 5.59. The first-order valence-electron chi connectivity index (χ1n) is 7.40.